The van der Waals surface area contributed by atoms with Crippen LogP contribution in [0.3, 0.4) is 0 Å². The number of esters is 2. The number of hydrogen-bond donors (Lipinski definition) is 3. The molecule has 4 fully saturated rings. The number of carbonyl (C=O) groups is 3. The van der Waals surface area contributed by atoms with Crippen molar-refractivity contribution >= 4 is 23.4 Å². The lowest BCUT2D eigenvalue weighted by Gasteiger charge is -2.44. The summed E-state index contributed by atoms with van der Waals surface area (Å²) >= 11 is 0. The lowest BCUT2D eigenvalue weighted by Crippen LogP contribution is -2.59. The lowest BCUT2D eigenvalue weighted by molar-refractivity contribution is -0.305. The highest BCUT2D eigenvalue weighted by molar-refractivity contribution is 5.90. The molecule has 19 heteroatoms. The number of carbonyl (C=O) groups excluding carboxylic acids is 3. The van der Waals surface area contributed by atoms with Gasteiger partial charge in [-0.3, -0.25) is 19.3 Å². The average molecular weight is 1080 g/mol. The fourth-order valence-electron chi connectivity index (χ4n) is 11.8. The normalized spacial score (nSPS) is 40.7. The largest absolute Gasteiger partial charge is 0.461 e. The molecular formula is C57H94N2O17. The predicted molar refractivity (Wildman–Crippen MR) is 282 cm³/mol. The summed E-state index contributed by atoms with van der Waals surface area (Å²) < 4.78 is 63.8. The summed E-state index contributed by atoms with van der Waals surface area (Å²) in [6.45, 7) is 24.8. The second-order valence-corrected chi connectivity index (χ2v) is 23.1. The smallest absolute Gasteiger partial charge is 0.311 e. The standard InChI is InChI=1S/C57H94N2O17/c1-30(2)24-43(60)73-49-37(9)48(32(4)29-69-56-52(67-15)51(66-14)45(61)40(12)72-56)75-54(64)39(11)50(74-44-25-33(5)59(28-35(7)70-44)23-22-41-20-18-17-19-21-41)36(8)47(31(3)27-57(13,65)53(63)38(49)10)76-55-46(62)42(58-68-16)26-34(6)71-55/h17-21,30-40,44-52,55-56,61-62,65H,22-29H2,1-16H3/t31-,32?,33?,34+,35-,36+,37-,38+,39+,40+,44-,45+,46+,47-,48+,49+,50-,51+,52+,55-,56+,57-/m0/s1. The van der Waals surface area contributed by atoms with Gasteiger partial charge in [0.2, 0.25) is 0 Å². The molecule has 1 aromatic rings. The maximum absolute atomic E-state index is 15.4. The summed E-state index contributed by atoms with van der Waals surface area (Å²) in [7, 11) is 4.32. The van der Waals surface area contributed by atoms with E-state index < -0.39 is 139 Å². The van der Waals surface area contributed by atoms with E-state index in [1.807, 2.05) is 66.7 Å². The van der Waals surface area contributed by atoms with Crippen LogP contribution in [0.4, 0.5) is 0 Å². The van der Waals surface area contributed by atoms with Crippen molar-refractivity contribution in [2.75, 3.05) is 41.0 Å². The van der Waals surface area contributed by atoms with Crippen LogP contribution >= 0.6 is 0 Å². The molecule has 4 aliphatic rings. The molecule has 0 bridgehead atoms. The molecule has 5 rings (SSSR count). The van der Waals surface area contributed by atoms with Crippen molar-refractivity contribution in [3.05, 3.63) is 35.9 Å². The van der Waals surface area contributed by atoms with Gasteiger partial charge in [0.1, 0.15) is 49.3 Å². The molecular weight excluding hydrogens is 985 g/mol. The van der Waals surface area contributed by atoms with Gasteiger partial charge in [0, 0.05) is 70.4 Å². The summed E-state index contributed by atoms with van der Waals surface area (Å²) in [5.41, 5.74) is -0.486. The van der Waals surface area contributed by atoms with Crippen LogP contribution in [0.25, 0.3) is 0 Å². The Morgan fingerprint density at radius 2 is 1.49 bits per heavy atom. The van der Waals surface area contributed by atoms with Crippen LogP contribution in [0.5, 0.6) is 0 Å². The van der Waals surface area contributed by atoms with Crippen molar-refractivity contribution in [1.82, 2.24) is 4.90 Å². The Balaban J connectivity index is 1.60. The average Bonchev–Trinajstić information content (AvgIpc) is 3.50. The molecule has 0 saturated carbocycles. The molecule has 19 nitrogen and oxygen atoms in total. The van der Waals surface area contributed by atoms with Gasteiger partial charge >= 0.3 is 11.9 Å². The molecule has 2 unspecified atom stereocenters. The Morgan fingerprint density at radius 1 is 0.816 bits per heavy atom. The van der Waals surface area contributed by atoms with Crippen LogP contribution in [0, 0.1) is 41.4 Å². The number of nitrogens with zero attached hydrogens (tertiary/aromatic N) is 2. The zero-order valence-corrected chi connectivity index (χ0v) is 48.2. The molecule has 4 aliphatic heterocycles. The van der Waals surface area contributed by atoms with Gasteiger partial charge in [0.25, 0.3) is 0 Å². The maximum atomic E-state index is 15.4. The Labute approximate surface area is 452 Å². The molecule has 4 saturated heterocycles. The lowest BCUT2D eigenvalue weighted by atomic mass is 9.74. The van der Waals surface area contributed by atoms with Gasteiger partial charge < -0.3 is 67.5 Å². The fraction of sp³-hybridized carbons (Fsp3) is 0.825. The molecule has 4 heterocycles. The first-order chi connectivity index (χ1) is 35.8. The van der Waals surface area contributed by atoms with Crippen molar-refractivity contribution in [1.29, 1.82) is 0 Å². The quantitative estimate of drug-likeness (QED) is 0.122. The molecule has 1 aromatic carbocycles. The van der Waals surface area contributed by atoms with Gasteiger partial charge in [-0.25, -0.2) is 0 Å². The first kappa shape index (κ1) is 63.6. The van der Waals surface area contributed by atoms with Gasteiger partial charge in [0.05, 0.1) is 54.7 Å². The molecule has 76 heavy (non-hydrogen) atoms. The highest BCUT2D eigenvalue weighted by Crippen LogP contribution is 2.39. The van der Waals surface area contributed by atoms with Crippen LogP contribution < -0.4 is 0 Å². The van der Waals surface area contributed by atoms with E-state index in [-0.39, 0.29) is 43.9 Å². The number of cyclic esters (lactones) is 1. The van der Waals surface area contributed by atoms with Crippen molar-refractivity contribution in [2.24, 2.45) is 46.6 Å². The topological polar surface area (TPSA) is 229 Å². The van der Waals surface area contributed by atoms with Crippen LogP contribution in [-0.4, -0.2) is 182 Å². The number of aliphatic hydroxyl groups is 3. The summed E-state index contributed by atoms with van der Waals surface area (Å²) in [6, 6.07) is 10.3. The third kappa shape index (κ3) is 16.5. The third-order valence-electron chi connectivity index (χ3n) is 16.0. The van der Waals surface area contributed by atoms with E-state index in [0.29, 0.717) is 18.7 Å². The van der Waals surface area contributed by atoms with E-state index in [0.717, 1.165) is 13.0 Å². The molecule has 22 atom stereocenters. The van der Waals surface area contributed by atoms with Gasteiger partial charge in [-0.15, -0.1) is 0 Å². The third-order valence-corrected chi connectivity index (χ3v) is 16.0. The number of hydrogen-bond acceptors (Lipinski definition) is 19. The Morgan fingerprint density at radius 3 is 2.12 bits per heavy atom. The Hall–Kier alpha value is -3.18. The first-order valence-electron chi connectivity index (χ1n) is 27.7. The number of ketones is 1. The second kappa shape index (κ2) is 28.8. The van der Waals surface area contributed by atoms with Crippen molar-refractivity contribution in [3.63, 3.8) is 0 Å². The molecule has 434 valence electrons. The van der Waals surface area contributed by atoms with Crippen molar-refractivity contribution in [2.45, 2.75) is 220 Å². The van der Waals surface area contributed by atoms with Gasteiger partial charge in [-0.2, -0.15) is 0 Å². The van der Waals surface area contributed by atoms with E-state index in [1.165, 1.54) is 33.8 Å². The Bertz CT molecular complexity index is 1990. The predicted octanol–water partition coefficient (Wildman–Crippen LogP) is 5.89. The highest BCUT2D eigenvalue weighted by atomic mass is 16.7. The Kier molecular flexibility index (Phi) is 24.1. The van der Waals surface area contributed by atoms with Crippen LogP contribution in [0.2, 0.25) is 0 Å². The van der Waals surface area contributed by atoms with Crippen molar-refractivity contribution in [3.8, 4) is 0 Å². The minimum absolute atomic E-state index is 0.00672. The summed E-state index contributed by atoms with van der Waals surface area (Å²) in [5.74, 6) is -6.94. The van der Waals surface area contributed by atoms with Crippen LogP contribution in [-0.2, 0) is 73.0 Å². The molecule has 0 spiro atoms. The molecule has 0 amide bonds. The SMILES string of the molecule is CON=C1C[C@@H](C)O[C@@H](O[C@@H]2[C@@H](C)[C@H](O[C@H]3CC(C)N(CCc4ccccc4)C[C@H](C)O3)[C@@H](C)C(=O)O[C@H](C(C)CO[C@@H]3O[C@H](C)[C@@H](O)[C@@H](OC)[C@H]3OC)[C@H](C)[C@@H](OC(=O)CC(C)C)[C@@H](C)C(=O)[C@@](C)(O)C[C@@H]2C)[C@@H]1O. The van der Waals surface area contributed by atoms with E-state index in [1.54, 1.807) is 27.7 Å². The monoisotopic (exact) mass is 1080 g/mol. The molecule has 0 aromatic heterocycles. The van der Waals surface area contributed by atoms with Crippen LogP contribution in [0.1, 0.15) is 121 Å². The van der Waals surface area contributed by atoms with Crippen LogP contribution in [0.15, 0.2) is 35.5 Å². The molecule has 0 radical (unpaired) electrons. The minimum Gasteiger partial charge on any atom is -0.461 e. The summed E-state index contributed by atoms with van der Waals surface area (Å²) in [5, 5.41) is 39.2. The number of rotatable bonds is 17. The molecule has 0 aliphatic carbocycles. The zero-order valence-electron chi connectivity index (χ0n) is 48.2. The minimum atomic E-state index is -2.03. The number of benzene rings is 1. The summed E-state index contributed by atoms with van der Waals surface area (Å²) in [6.07, 6.45) is -11.2. The number of ether oxygens (including phenoxy) is 10. The highest BCUT2D eigenvalue weighted by Gasteiger charge is 2.51. The summed E-state index contributed by atoms with van der Waals surface area (Å²) in [4.78, 5) is 51.6. The molecule has 3 N–H and O–H groups in total. The number of oxime groups is 1. The van der Waals surface area contributed by atoms with Crippen molar-refractivity contribution < 1.29 is 81.9 Å². The first-order valence-corrected chi connectivity index (χ1v) is 27.7. The maximum Gasteiger partial charge on any atom is 0.311 e. The number of methoxy groups -OCH3 is 2. The van der Waals surface area contributed by atoms with E-state index in [2.05, 4.69) is 29.1 Å². The van der Waals surface area contributed by atoms with E-state index >= 15 is 4.79 Å². The van der Waals surface area contributed by atoms with Gasteiger partial charge in [0.15, 0.2) is 24.7 Å². The van der Waals surface area contributed by atoms with Gasteiger partial charge in [-0.1, -0.05) is 84.0 Å². The van der Waals surface area contributed by atoms with E-state index in [4.69, 9.17) is 52.2 Å². The number of aliphatic hydroxyl groups excluding tert-OH is 2. The van der Waals surface area contributed by atoms with Gasteiger partial charge in [-0.05, 0) is 71.8 Å². The van der Waals surface area contributed by atoms with E-state index in [9.17, 15) is 24.9 Å². The fourth-order valence-corrected chi connectivity index (χ4v) is 11.8. The zero-order chi connectivity index (χ0) is 56.3. The number of Topliss-reactive ketones (excluding diaryl/α,β-unsaturated/α-hetero) is 1. The second-order valence-electron chi connectivity index (χ2n) is 23.1.